The topological polar surface area (TPSA) is 75.9 Å². The lowest BCUT2D eigenvalue weighted by Crippen LogP contribution is -2.56. The van der Waals surface area contributed by atoms with E-state index in [-0.39, 0.29) is 18.0 Å². The molecule has 0 bridgehead atoms. The number of hydrogen-bond acceptors (Lipinski definition) is 4. The van der Waals surface area contributed by atoms with Crippen molar-refractivity contribution in [2.75, 3.05) is 32.8 Å². The lowest BCUT2D eigenvalue weighted by Gasteiger charge is -2.39. The average Bonchev–Trinajstić information content (AvgIpc) is 2.79. The molecule has 2 rings (SSSR count). The maximum absolute atomic E-state index is 12.6. The van der Waals surface area contributed by atoms with Gasteiger partial charge >= 0.3 is 6.09 Å². The van der Waals surface area contributed by atoms with E-state index >= 15 is 0 Å². The summed E-state index contributed by atoms with van der Waals surface area (Å²) in [5.74, 6) is 0.144. The number of nitrogens with two attached hydrogens (primary N) is 1. The second-order valence-corrected chi connectivity index (χ2v) is 5.89. The van der Waals surface area contributed by atoms with E-state index < -0.39 is 5.41 Å². The van der Waals surface area contributed by atoms with Crippen molar-refractivity contribution in [1.29, 1.82) is 0 Å². The fourth-order valence-electron chi connectivity index (χ4n) is 3.13. The Balaban J connectivity index is 1.90. The Kier molecular flexibility index (Phi) is 4.52. The van der Waals surface area contributed by atoms with Crippen LogP contribution < -0.4 is 5.73 Å². The van der Waals surface area contributed by atoms with E-state index in [0.717, 1.165) is 19.3 Å². The molecule has 1 saturated heterocycles. The van der Waals surface area contributed by atoms with E-state index in [1.165, 1.54) is 0 Å². The number of ether oxygens (including phenoxy) is 1. The van der Waals surface area contributed by atoms with Gasteiger partial charge < -0.3 is 20.3 Å². The van der Waals surface area contributed by atoms with E-state index in [4.69, 9.17) is 10.5 Å². The first-order chi connectivity index (χ1) is 9.49. The number of rotatable bonds is 2. The number of amides is 2. The number of hydrogen-bond donors (Lipinski definition) is 1. The molecule has 114 valence electrons. The summed E-state index contributed by atoms with van der Waals surface area (Å²) < 4.78 is 4.98. The van der Waals surface area contributed by atoms with Crippen molar-refractivity contribution in [3.8, 4) is 0 Å². The van der Waals surface area contributed by atoms with Crippen LogP contribution in [0.5, 0.6) is 0 Å². The molecular weight excluding hydrogens is 258 g/mol. The number of carbonyl (C=O) groups excluding carboxylic acids is 2. The van der Waals surface area contributed by atoms with Crippen molar-refractivity contribution < 1.29 is 14.3 Å². The Bertz CT molecular complexity index is 380. The fourth-order valence-corrected chi connectivity index (χ4v) is 3.13. The van der Waals surface area contributed by atoms with E-state index in [1.807, 2.05) is 11.8 Å². The van der Waals surface area contributed by atoms with Gasteiger partial charge in [0.2, 0.25) is 5.91 Å². The Labute approximate surface area is 120 Å². The molecule has 6 nitrogen and oxygen atoms in total. The Morgan fingerprint density at radius 2 is 1.85 bits per heavy atom. The normalized spacial score (nSPS) is 30.4. The van der Waals surface area contributed by atoms with Crippen LogP contribution in [0.4, 0.5) is 4.79 Å². The average molecular weight is 283 g/mol. The minimum Gasteiger partial charge on any atom is -0.450 e. The standard InChI is InChI=1S/C14H25N3O3/c1-3-20-13(19)17-9-7-16(8-10-17)12(18)14(2)6-4-5-11(14)15/h11H,3-10,15H2,1-2H3. The molecule has 2 N–H and O–H groups in total. The lowest BCUT2D eigenvalue weighted by atomic mass is 9.83. The molecule has 0 aromatic rings. The Morgan fingerprint density at radius 3 is 2.35 bits per heavy atom. The Morgan fingerprint density at radius 1 is 1.25 bits per heavy atom. The van der Waals surface area contributed by atoms with Crippen molar-refractivity contribution in [1.82, 2.24) is 9.80 Å². The van der Waals surface area contributed by atoms with Gasteiger partial charge in [-0.3, -0.25) is 4.79 Å². The third kappa shape index (κ3) is 2.75. The summed E-state index contributed by atoms with van der Waals surface area (Å²) in [4.78, 5) is 27.8. The largest absolute Gasteiger partial charge is 0.450 e. The summed E-state index contributed by atoms with van der Waals surface area (Å²) in [6, 6.07) is -0.0434. The van der Waals surface area contributed by atoms with Gasteiger partial charge in [-0.25, -0.2) is 4.79 Å². The maximum Gasteiger partial charge on any atom is 0.409 e. The molecule has 0 spiro atoms. The van der Waals surface area contributed by atoms with Crippen LogP contribution in [-0.2, 0) is 9.53 Å². The summed E-state index contributed by atoms with van der Waals surface area (Å²) in [5.41, 5.74) is 5.68. The van der Waals surface area contributed by atoms with E-state index in [1.54, 1.807) is 11.8 Å². The van der Waals surface area contributed by atoms with Crippen molar-refractivity contribution >= 4 is 12.0 Å². The molecule has 20 heavy (non-hydrogen) atoms. The third-order valence-electron chi connectivity index (χ3n) is 4.61. The van der Waals surface area contributed by atoms with Crippen molar-refractivity contribution in [3.63, 3.8) is 0 Å². The molecule has 2 unspecified atom stereocenters. The third-order valence-corrected chi connectivity index (χ3v) is 4.61. The maximum atomic E-state index is 12.6. The molecule has 0 aromatic heterocycles. The zero-order valence-electron chi connectivity index (χ0n) is 12.4. The zero-order valence-corrected chi connectivity index (χ0v) is 12.4. The SMILES string of the molecule is CCOC(=O)N1CCN(C(=O)C2(C)CCCC2N)CC1. The number of nitrogens with zero attached hydrogens (tertiary/aromatic N) is 2. The highest BCUT2D eigenvalue weighted by Crippen LogP contribution is 2.38. The van der Waals surface area contributed by atoms with Gasteiger partial charge in [0.15, 0.2) is 0 Å². The molecule has 1 heterocycles. The molecule has 0 radical (unpaired) electrons. The fraction of sp³-hybridized carbons (Fsp3) is 0.857. The summed E-state index contributed by atoms with van der Waals surface area (Å²) in [7, 11) is 0. The van der Waals surface area contributed by atoms with Crippen LogP contribution in [0.1, 0.15) is 33.1 Å². The van der Waals surface area contributed by atoms with Gasteiger partial charge in [-0.1, -0.05) is 6.42 Å². The van der Waals surface area contributed by atoms with Crippen LogP contribution in [0.2, 0.25) is 0 Å². The van der Waals surface area contributed by atoms with Gasteiger partial charge in [0.25, 0.3) is 0 Å². The van der Waals surface area contributed by atoms with Crippen LogP contribution in [0.3, 0.4) is 0 Å². The summed E-state index contributed by atoms with van der Waals surface area (Å²) in [6.07, 6.45) is 2.52. The highest BCUT2D eigenvalue weighted by atomic mass is 16.6. The van der Waals surface area contributed by atoms with Gasteiger partial charge in [-0.05, 0) is 26.7 Å². The second kappa shape index (κ2) is 5.99. The second-order valence-electron chi connectivity index (χ2n) is 5.89. The summed E-state index contributed by atoms with van der Waals surface area (Å²) in [5, 5.41) is 0. The van der Waals surface area contributed by atoms with E-state index in [2.05, 4.69) is 0 Å². The van der Waals surface area contributed by atoms with Crippen LogP contribution >= 0.6 is 0 Å². The van der Waals surface area contributed by atoms with Gasteiger partial charge in [0, 0.05) is 32.2 Å². The lowest BCUT2D eigenvalue weighted by molar-refractivity contribution is -0.143. The molecule has 1 aliphatic heterocycles. The number of piperazine rings is 1. The molecule has 0 aromatic carbocycles. The zero-order chi connectivity index (χ0) is 14.8. The van der Waals surface area contributed by atoms with Crippen molar-refractivity contribution in [3.05, 3.63) is 0 Å². The monoisotopic (exact) mass is 283 g/mol. The van der Waals surface area contributed by atoms with Gasteiger partial charge in [0.1, 0.15) is 0 Å². The van der Waals surface area contributed by atoms with Gasteiger partial charge in [-0.2, -0.15) is 0 Å². The van der Waals surface area contributed by atoms with E-state index in [0.29, 0.717) is 32.8 Å². The Hall–Kier alpha value is -1.30. The van der Waals surface area contributed by atoms with Crippen LogP contribution in [-0.4, -0.2) is 60.6 Å². The highest BCUT2D eigenvalue weighted by molar-refractivity contribution is 5.84. The first-order valence-electron chi connectivity index (χ1n) is 7.45. The summed E-state index contributed by atoms with van der Waals surface area (Å²) in [6.45, 7) is 6.36. The molecule has 2 atom stereocenters. The molecule has 6 heteroatoms. The number of carbonyl (C=O) groups is 2. The summed E-state index contributed by atoms with van der Waals surface area (Å²) >= 11 is 0. The minimum absolute atomic E-state index is 0.0434. The van der Waals surface area contributed by atoms with Crippen molar-refractivity contribution in [2.24, 2.45) is 11.1 Å². The molecule has 1 saturated carbocycles. The van der Waals surface area contributed by atoms with Crippen LogP contribution in [0.15, 0.2) is 0 Å². The first-order valence-corrected chi connectivity index (χ1v) is 7.45. The predicted octanol–water partition coefficient (Wildman–Crippen LogP) is 0.805. The molecule has 2 amide bonds. The smallest absolute Gasteiger partial charge is 0.409 e. The van der Waals surface area contributed by atoms with Gasteiger partial charge in [-0.15, -0.1) is 0 Å². The highest BCUT2D eigenvalue weighted by Gasteiger charge is 2.45. The molecular formula is C14H25N3O3. The molecule has 1 aliphatic carbocycles. The van der Waals surface area contributed by atoms with Crippen LogP contribution in [0, 0.1) is 5.41 Å². The predicted molar refractivity (Wildman–Crippen MR) is 75.1 cm³/mol. The van der Waals surface area contributed by atoms with Crippen LogP contribution in [0.25, 0.3) is 0 Å². The first kappa shape index (κ1) is 15.1. The molecule has 2 fully saturated rings. The van der Waals surface area contributed by atoms with Gasteiger partial charge in [0.05, 0.1) is 12.0 Å². The molecule has 2 aliphatic rings. The quantitative estimate of drug-likeness (QED) is 0.813. The van der Waals surface area contributed by atoms with Crippen molar-refractivity contribution in [2.45, 2.75) is 39.2 Å². The minimum atomic E-state index is -0.425. The van der Waals surface area contributed by atoms with E-state index in [9.17, 15) is 9.59 Å².